The van der Waals surface area contributed by atoms with Gasteiger partial charge in [-0.15, -0.1) is 11.3 Å². The van der Waals surface area contributed by atoms with Gasteiger partial charge in [-0.25, -0.2) is 0 Å². The second-order valence-corrected chi connectivity index (χ2v) is 6.14. The van der Waals surface area contributed by atoms with Gasteiger partial charge in [-0.3, -0.25) is 4.79 Å². The van der Waals surface area contributed by atoms with Gasteiger partial charge in [-0.05, 0) is 37.7 Å². The fraction of sp³-hybridized carbons (Fsp3) is 0.600. The van der Waals surface area contributed by atoms with Crippen molar-refractivity contribution >= 4 is 22.2 Å². The Kier molecular flexibility index (Phi) is 4.98. The lowest BCUT2D eigenvalue weighted by Gasteiger charge is -2.09. The molecule has 0 atom stereocenters. The quantitative estimate of drug-likeness (QED) is 0.826. The Balaban J connectivity index is 2.06. The molecule has 1 amide bonds. The zero-order valence-corrected chi connectivity index (χ0v) is 12.2. The first-order chi connectivity index (χ1) is 9.26. The molecule has 102 valence electrons. The van der Waals surface area contributed by atoms with Gasteiger partial charge in [-0.2, -0.15) is 5.26 Å². The minimum Gasteiger partial charge on any atom is -0.317 e. The van der Waals surface area contributed by atoms with Crippen molar-refractivity contribution in [3.63, 3.8) is 0 Å². The van der Waals surface area contributed by atoms with E-state index in [-0.39, 0.29) is 5.91 Å². The van der Waals surface area contributed by atoms with E-state index in [0.29, 0.717) is 12.0 Å². The summed E-state index contributed by atoms with van der Waals surface area (Å²) >= 11 is 1.60. The highest BCUT2D eigenvalue weighted by atomic mass is 32.1. The van der Waals surface area contributed by atoms with Crippen LogP contribution in [0.25, 0.3) is 0 Å². The third-order valence-corrected chi connectivity index (χ3v) is 4.75. The predicted octanol–water partition coefficient (Wildman–Crippen LogP) is 4.02. The summed E-state index contributed by atoms with van der Waals surface area (Å²) in [6, 6.07) is 2.27. The van der Waals surface area contributed by atoms with Gasteiger partial charge in [0.2, 0.25) is 5.91 Å². The third kappa shape index (κ3) is 3.36. The second kappa shape index (κ2) is 6.72. The van der Waals surface area contributed by atoms with Crippen LogP contribution in [0.15, 0.2) is 0 Å². The molecule has 4 heteroatoms. The Morgan fingerprint density at radius 2 is 2.16 bits per heavy atom. The molecule has 0 aromatic carbocycles. The van der Waals surface area contributed by atoms with Crippen molar-refractivity contribution in [2.45, 2.75) is 58.3 Å². The molecule has 1 aliphatic carbocycles. The minimum absolute atomic E-state index is 0.0450. The molecule has 1 heterocycles. The lowest BCUT2D eigenvalue weighted by Crippen LogP contribution is -2.11. The van der Waals surface area contributed by atoms with Gasteiger partial charge < -0.3 is 5.32 Å². The number of nitrogens with one attached hydrogen (secondary N) is 1. The van der Waals surface area contributed by atoms with Gasteiger partial charge in [0.15, 0.2) is 0 Å². The van der Waals surface area contributed by atoms with Crippen LogP contribution in [0.4, 0.5) is 5.00 Å². The van der Waals surface area contributed by atoms with Crippen LogP contribution in [-0.2, 0) is 17.6 Å². The summed E-state index contributed by atoms with van der Waals surface area (Å²) in [5.41, 5.74) is 1.89. The van der Waals surface area contributed by atoms with Crippen molar-refractivity contribution in [1.29, 1.82) is 5.26 Å². The van der Waals surface area contributed by atoms with Crippen LogP contribution in [0.3, 0.4) is 0 Å². The van der Waals surface area contributed by atoms with E-state index in [1.54, 1.807) is 11.3 Å². The van der Waals surface area contributed by atoms with Crippen LogP contribution in [-0.4, -0.2) is 5.91 Å². The van der Waals surface area contributed by atoms with Crippen molar-refractivity contribution in [2.75, 3.05) is 5.32 Å². The average Bonchev–Trinajstić information content (AvgIpc) is 2.76. The highest BCUT2D eigenvalue weighted by Gasteiger charge is 2.21. The van der Waals surface area contributed by atoms with Gasteiger partial charge in [0, 0.05) is 11.3 Å². The number of amides is 1. The molecule has 0 spiro atoms. The third-order valence-electron chi connectivity index (χ3n) is 3.54. The molecule has 1 aromatic heterocycles. The van der Waals surface area contributed by atoms with Gasteiger partial charge in [-0.1, -0.05) is 19.8 Å². The topological polar surface area (TPSA) is 52.9 Å². The molecule has 0 unspecified atom stereocenters. The number of nitrogens with zero attached hydrogens (tertiary/aromatic N) is 1. The monoisotopic (exact) mass is 276 g/mol. The number of rotatable bonds is 5. The van der Waals surface area contributed by atoms with Crippen molar-refractivity contribution in [2.24, 2.45) is 0 Å². The Labute approximate surface area is 118 Å². The Hall–Kier alpha value is -1.34. The first-order valence-corrected chi connectivity index (χ1v) is 7.92. The molecule has 3 nitrogen and oxygen atoms in total. The normalized spacial score (nSPS) is 13.7. The summed E-state index contributed by atoms with van der Waals surface area (Å²) in [5.74, 6) is 0.0450. The van der Waals surface area contributed by atoms with Gasteiger partial charge in [0.25, 0.3) is 0 Å². The highest BCUT2D eigenvalue weighted by Crippen LogP contribution is 2.37. The zero-order chi connectivity index (χ0) is 13.7. The number of thiophene rings is 1. The minimum atomic E-state index is 0.0450. The molecule has 2 rings (SSSR count). The summed E-state index contributed by atoms with van der Waals surface area (Å²) in [4.78, 5) is 13.2. The Morgan fingerprint density at radius 1 is 1.37 bits per heavy atom. The second-order valence-electron chi connectivity index (χ2n) is 5.03. The number of nitriles is 1. The van der Waals surface area contributed by atoms with Crippen LogP contribution in [0.2, 0.25) is 0 Å². The highest BCUT2D eigenvalue weighted by molar-refractivity contribution is 7.16. The zero-order valence-electron chi connectivity index (χ0n) is 11.4. The van der Waals surface area contributed by atoms with E-state index in [1.807, 2.05) is 0 Å². The van der Waals surface area contributed by atoms with Gasteiger partial charge in [0.05, 0.1) is 5.56 Å². The van der Waals surface area contributed by atoms with Crippen molar-refractivity contribution in [1.82, 2.24) is 0 Å². The summed E-state index contributed by atoms with van der Waals surface area (Å²) in [6.45, 7) is 2.12. The average molecular weight is 276 g/mol. The van der Waals surface area contributed by atoms with Crippen LogP contribution >= 0.6 is 11.3 Å². The van der Waals surface area contributed by atoms with Crippen molar-refractivity contribution in [3.05, 3.63) is 16.0 Å². The lowest BCUT2D eigenvalue weighted by molar-refractivity contribution is -0.116. The number of hydrogen-bond acceptors (Lipinski definition) is 3. The molecule has 1 aliphatic rings. The molecule has 1 aromatic rings. The molecule has 0 radical (unpaired) electrons. The van der Waals surface area contributed by atoms with Crippen LogP contribution < -0.4 is 5.32 Å². The van der Waals surface area contributed by atoms with Crippen molar-refractivity contribution < 1.29 is 4.79 Å². The molecule has 0 bridgehead atoms. The Morgan fingerprint density at radius 3 is 2.89 bits per heavy atom. The smallest absolute Gasteiger partial charge is 0.225 e. The van der Waals surface area contributed by atoms with E-state index in [2.05, 4.69) is 18.3 Å². The SMILES string of the molecule is CCCCCC(=O)Nc1sc2c(c1C#N)CCCC2. The number of anilines is 1. The van der Waals surface area contributed by atoms with E-state index < -0.39 is 0 Å². The molecular formula is C15H20N2OS. The number of fused-ring (bicyclic) bond motifs is 1. The Bertz CT molecular complexity index is 499. The maximum atomic E-state index is 11.9. The first kappa shape index (κ1) is 14.1. The molecule has 0 saturated heterocycles. The van der Waals surface area contributed by atoms with Crippen LogP contribution in [0.5, 0.6) is 0 Å². The summed E-state index contributed by atoms with van der Waals surface area (Å²) < 4.78 is 0. The fourth-order valence-electron chi connectivity index (χ4n) is 2.50. The molecular weight excluding hydrogens is 256 g/mol. The lowest BCUT2D eigenvalue weighted by atomic mass is 9.96. The first-order valence-electron chi connectivity index (χ1n) is 7.10. The maximum absolute atomic E-state index is 11.9. The number of carbonyl (C=O) groups is 1. The number of hydrogen-bond donors (Lipinski definition) is 1. The molecule has 0 fully saturated rings. The van der Waals surface area contributed by atoms with Crippen LogP contribution in [0, 0.1) is 11.3 Å². The summed E-state index contributed by atoms with van der Waals surface area (Å²) in [7, 11) is 0. The molecule has 19 heavy (non-hydrogen) atoms. The van der Waals surface area contributed by atoms with E-state index in [1.165, 1.54) is 16.9 Å². The maximum Gasteiger partial charge on any atom is 0.225 e. The number of aryl methyl sites for hydroxylation is 1. The standard InChI is InChI=1S/C15H20N2OS/c1-2-3-4-9-14(18)17-15-12(10-16)11-7-5-6-8-13(11)19-15/h2-9H2,1H3,(H,17,18). The molecule has 0 aliphatic heterocycles. The fourth-order valence-corrected chi connectivity index (χ4v) is 3.75. The van der Waals surface area contributed by atoms with Gasteiger partial charge in [0.1, 0.15) is 11.1 Å². The molecule has 1 N–H and O–H groups in total. The van der Waals surface area contributed by atoms with E-state index in [9.17, 15) is 10.1 Å². The number of unbranched alkanes of at least 4 members (excludes halogenated alkanes) is 2. The summed E-state index contributed by atoms with van der Waals surface area (Å²) in [6.07, 6.45) is 8.07. The summed E-state index contributed by atoms with van der Waals surface area (Å²) in [5, 5.41) is 13.0. The van der Waals surface area contributed by atoms with Crippen molar-refractivity contribution in [3.8, 4) is 6.07 Å². The predicted molar refractivity (Wildman–Crippen MR) is 78.4 cm³/mol. The van der Waals surface area contributed by atoms with Gasteiger partial charge >= 0.3 is 0 Å². The van der Waals surface area contributed by atoms with E-state index in [0.717, 1.165) is 43.5 Å². The van der Waals surface area contributed by atoms with E-state index in [4.69, 9.17) is 0 Å². The molecule has 0 saturated carbocycles. The number of carbonyl (C=O) groups excluding carboxylic acids is 1. The van der Waals surface area contributed by atoms with E-state index >= 15 is 0 Å². The largest absolute Gasteiger partial charge is 0.317 e. The van der Waals surface area contributed by atoms with Crippen LogP contribution in [0.1, 0.15) is 61.5 Å².